The van der Waals surface area contributed by atoms with Crippen molar-refractivity contribution in [2.24, 2.45) is 0 Å². The lowest BCUT2D eigenvalue weighted by atomic mass is 10.2. The Morgan fingerprint density at radius 1 is 1.36 bits per heavy atom. The number of hydrogen-bond donors (Lipinski definition) is 3. The number of carbonyl (C=O) groups is 2. The molecule has 2 amide bonds. The van der Waals surface area contributed by atoms with Crippen molar-refractivity contribution >= 4 is 12.0 Å². The van der Waals surface area contributed by atoms with Crippen LogP contribution in [0.1, 0.15) is 26.2 Å². The maximum Gasteiger partial charge on any atom is 0.338 e. The van der Waals surface area contributed by atoms with Gasteiger partial charge in [0.2, 0.25) is 0 Å². The fourth-order valence-corrected chi connectivity index (χ4v) is 0.776. The molecular weight excluding hydrogens is 188 g/mol. The summed E-state index contributed by atoms with van der Waals surface area (Å²) in [5.41, 5.74) is 1.96. The molecule has 0 aliphatic rings. The number of carboxylic acid groups (broad SMARTS) is 1. The fourth-order valence-electron chi connectivity index (χ4n) is 0.776. The second-order valence-corrected chi connectivity index (χ2v) is 2.75. The number of hydrogen-bond acceptors (Lipinski definition) is 3. The molecule has 6 nitrogen and oxygen atoms in total. The van der Waals surface area contributed by atoms with Gasteiger partial charge in [-0.05, 0) is 6.42 Å². The first-order valence-electron chi connectivity index (χ1n) is 4.54. The van der Waals surface area contributed by atoms with E-state index in [2.05, 4.69) is 17.1 Å². The van der Waals surface area contributed by atoms with E-state index in [4.69, 9.17) is 5.11 Å². The van der Waals surface area contributed by atoms with Crippen LogP contribution in [0.3, 0.4) is 0 Å². The number of carboxylic acids is 1. The van der Waals surface area contributed by atoms with Gasteiger partial charge < -0.3 is 10.4 Å². The van der Waals surface area contributed by atoms with Crippen LogP contribution in [-0.4, -0.2) is 30.3 Å². The molecule has 0 spiro atoms. The van der Waals surface area contributed by atoms with Gasteiger partial charge in [0.05, 0.1) is 0 Å². The molecule has 0 aromatic carbocycles. The minimum atomic E-state index is -1.13. The smallest absolute Gasteiger partial charge is 0.338 e. The molecule has 0 aromatic rings. The number of hydroxylamine groups is 1. The van der Waals surface area contributed by atoms with Crippen molar-refractivity contribution in [3.63, 3.8) is 0 Å². The normalized spacial score (nSPS) is 9.50. The van der Waals surface area contributed by atoms with Crippen LogP contribution >= 0.6 is 0 Å². The first-order chi connectivity index (χ1) is 6.66. The van der Waals surface area contributed by atoms with Gasteiger partial charge in [-0.25, -0.2) is 15.1 Å². The number of nitrogens with one attached hydrogen (secondary N) is 2. The van der Waals surface area contributed by atoms with Crippen LogP contribution in [0.15, 0.2) is 0 Å². The zero-order chi connectivity index (χ0) is 10.8. The van der Waals surface area contributed by atoms with E-state index in [9.17, 15) is 9.59 Å². The molecule has 0 aliphatic heterocycles. The lowest BCUT2D eigenvalue weighted by Gasteiger charge is -2.05. The minimum absolute atomic E-state index is 0.512. The van der Waals surface area contributed by atoms with Crippen molar-refractivity contribution in [2.75, 3.05) is 13.2 Å². The highest BCUT2D eigenvalue weighted by Gasteiger charge is 2.00. The van der Waals surface area contributed by atoms with E-state index in [1.807, 2.05) is 5.48 Å². The molecule has 0 atom stereocenters. The third-order valence-corrected chi connectivity index (χ3v) is 1.43. The molecule has 0 unspecified atom stereocenters. The first kappa shape index (κ1) is 12.7. The second kappa shape index (κ2) is 8.31. The summed E-state index contributed by atoms with van der Waals surface area (Å²) in [6.45, 7) is 2.09. The van der Waals surface area contributed by atoms with Crippen molar-refractivity contribution in [2.45, 2.75) is 26.2 Å². The molecule has 0 rings (SSSR count). The van der Waals surface area contributed by atoms with Crippen molar-refractivity contribution in [1.29, 1.82) is 0 Å². The van der Waals surface area contributed by atoms with Crippen molar-refractivity contribution < 1.29 is 19.5 Å². The minimum Gasteiger partial charge on any atom is -0.479 e. The molecule has 0 fully saturated rings. The van der Waals surface area contributed by atoms with Crippen LogP contribution in [-0.2, 0) is 9.63 Å². The molecule has 0 saturated heterocycles. The zero-order valence-electron chi connectivity index (χ0n) is 8.21. The summed E-state index contributed by atoms with van der Waals surface area (Å²) >= 11 is 0. The molecule has 82 valence electrons. The maximum absolute atomic E-state index is 10.8. The lowest BCUT2D eigenvalue weighted by Crippen LogP contribution is -2.37. The topological polar surface area (TPSA) is 87.7 Å². The van der Waals surface area contributed by atoms with Crippen molar-refractivity contribution in [3.8, 4) is 0 Å². The van der Waals surface area contributed by atoms with Crippen molar-refractivity contribution in [3.05, 3.63) is 0 Å². The Kier molecular flexibility index (Phi) is 7.53. The molecule has 0 heterocycles. The number of rotatable bonds is 7. The van der Waals surface area contributed by atoms with Gasteiger partial charge in [0, 0.05) is 6.54 Å². The number of unbranched alkanes of at least 4 members (excludes halogenated alkanes) is 2. The summed E-state index contributed by atoms with van der Waals surface area (Å²) in [5.74, 6) is -1.13. The van der Waals surface area contributed by atoms with Gasteiger partial charge in [-0.3, -0.25) is 4.84 Å². The van der Waals surface area contributed by atoms with Gasteiger partial charge in [-0.2, -0.15) is 0 Å². The third kappa shape index (κ3) is 8.79. The molecule has 6 heteroatoms. The average Bonchev–Trinajstić information content (AvgIpc) is 2.12. The molecular formula is C8H16N2O4. The highest BCUT2D eigenvalue weighted by molar-refractivity contribution is 5.73. The number of aliphatic carboxylic acids is 1. The fraction of sp³-hybridized carbons (Fsp3) is 0.750. The quantitative estimate of drug-likeness (QED) is 0.416. The van der Waals surface area contributed by atoms with E-state index in [0.717, 1.165) is 19.3 Å². The maximum atomic E-state index is 10.8. The standard InChI is InChI=1S/C8H16N2O4/c1-2-3-4-5-9-8(13)10-14-6-7(11)12/h2-6H2,1H3,(H,11,12)(H2,9,10,13). The molecule has 14 heavy (non-hydrogen) atoms. The van der Waals surface area contributed by atoms with Crippen LogP contribution in [0.25, 0.3) is 0 Å². The van der Waals surface area contributed by atoms with Gasteiger partial charge in [0.1, 0.15) is 0 Å². The Labute approximate surface area is 82.6 Å². The van der Waals surface area contributed by atoms with E-state index < -0.39 is 18.6 Å². The highest BCUT2D eigenvalue weighted by atomic mass is 16.7. The Balaban J connectivity index is 3.24. The largest absolute Gasteiger partial charge is 0.479 e. The third-order valence-electron chi connectivity index (χ3n) is 1.43. The van der Waals surface area contributed by atoms with E-state index in [1.165, 1.54) is 0 Å². The van der Waals surface area contributed by atoms with Crippen LogP contribution in [0.2, 0.25) is 0 Å². The highest BCUT2D eigenvalue weighted by Crippen LogP contribution is 1.90. The predicted molar refractivity (Wildman–Crippen MR) is 49.6 cm³/mol. The lowest BCUT2D eigenvalue weighted by molar-refractivity contribution is -0.144. The predicted octanol–water partition coefficient (Wildman–Crippen LogP) is 0.492. The molecule has 0 aromatic heterocycles. The van der Waals surface area contributed by atoms with Gasteiger partial charge in [-0.15, -0.1) is 0 Å². The number of amides is 2. The Morgan fingerprint density at radius 2 is 2.07 bits per heavy atom. The summed E-state index contributed by atoms with van der Waals surface area (Å²) in [4.78, 5) is 25.2. The Morgan fingerprint density at radius 3 is 2.64 bits per heavy atom. The summed E-state index contributed by atoms with van der Waals surface area (Å²) in [5, 5.41) is 10.7. The van der Waals surface area contributed by atoms with Crippen LogP contribution in [0.4, 0.5) is 4.79 Å². The van der Waals surface area contributed by atoms with E-state index >= 15 is 0 Å². The summed E-state index contributed by atoms with van der Waals surface area (Å²) < 4.78 is 0. The molecule has 0 bridgehead atoms. The molecule has 0 aliphatic carbocycles. The zero-order valence-corrected chi connectivity index (χ0v) is 8.21. The van der Waals surface area contributed by atoms with E-state index in [1.54, 1.807) is 0 Å². The summed E-state index contributed by atoms with van der Waals surface area (Å²) in [6, 6.07) is -0.512. The molecule has 3 N–H and O–H groups in total. The van der Waals surface area contributed by atoms with Crippen LogP contribution in [0, 0.1) is 0 Å². The van der Waals surface area contributed by atoms with E-state index in [-0.39, 0.29) is 0 Å². The van der Waals surface area contributed by atoms with Crippen LogP contribution in [0.5, 0.6) is 0 Å². The second-order valence-electron chi connectivity index (χ2n) is 2.75. The number of urea groups is 1. The molecule has 0 radical (unpaired) electrons. The monoisotopic (exact) mass is 204 g/mol. The Bertz CT molecular complexity index is 184. The van der Waals surface area contributed by atoms with E-state index in [0.29, 0.717) is 6.54 Å². The van der Waals surface area contributed by atoms with Gasteiger partial charge in [0.25, 0.3) is 0 Å². The summed E-state index contributed by atoms with van der Waals surface area (Å²) in [7, 11) is 0. The van der Waals surface area contributed by atoms with Gasteiger partial charge in [0.15, 0.2) is 6.61 Å². The summed E-state index contributed by atoms with van der Waals surface area (Å²) in [6.07, 6.45) is 3.04. The number of carbonyl (C=O) groups excluding carboxylic acids is 1. The van der Waals surface area contributed by atoms with Gasteiger partial charge in [-0.1, -0.05) is 19.8 Å². The van der Waals surface area contributed by atoms with Gasteiger partial charge >= 0.3 is 12.0 Å². The average molecular weight is 204 g/mol. The molecule has 0 saturated carbocycles. The Hall–Kier alpha value is -1.30. The van der Waals surface area contributed by atoms with Crippen LogP contribution < -0.4 is 10.8 Å². The first-order valence-corrected chi connectivity index (χ1v) is 4.54. The SMILES string of the molecule is CCCCCNC(=O)NOCC(=O)O. The van der Waals surface area contributed by atoms with Crippen molar-refractivity contribution in [1.82, 2.24) is 10.8 Å².